The smallest absolute Gasteiger partial charge is 0.254 e. The van der Waals surface area contributed by atoms with Gasteiger partial charge in [0.05, 0.1) is 6.61 Å². The fraction of sp³-hybridized carbons (Fsp3) is 0.440. The Morgan fingerprint density at radius 1 is 1.09 bits per heavy atom. The van der Waals surface area contributed by atoms with E-state index in [1.807, 2.05) is 53.4 Å². The third kappa shape index (κ3) is 5.33. The predicted octanol–water partition coefficient (Wildman–Crippen LogP) is 3.98. The summed E-state index contributed by atoms with van der Waals surface area (Å²) in [6.07, 6.45) is 4.34. The number of aliphatic hydroxyl groups is 1. The molecule has 1 fully saturated rings. The molecule has 2 heterocycles. The van der Waals surface area contributed by atoms with Gasteiger partial charge < -0.3 is 19.5 Å². The van der Waals surface area contributed by atoms with Crippen molar-refractivity contribution < 1.29 is 19.4 Å². The summed E-state index contributed by atoms with van der Waals surface area (Å²) in [7, 11) is 0. The summed E-state index contributed by atoms with van der Waals surface area (Å²) < 4.78 is 12.6. The van der Waals surface area contributed by atoms with Gasteiger partial charge in [0.25, 0.3) is 5.91 Å². The number of aliphatic hydroxyl groups excluding tert-OH is 1. The van der Waals surface area contributed by atoms with Crippen LogP contribution in [0.5, 0.6) is 5.75 Å². The maximum atomic E-state index is 13.7. The van der Waals surface area contributed by atoms with E-state index >= 15 is 0 Å². The Bertz CT molecular complexity index is 939. The Hall–Kier alpha value is -2.38. The minimum atomic E-state index is -0.948. The summed E-state index contributed by atoms with van der Waals surface area (Å²) >= 11 is 3.48. The summed E-state index contributed by atoms with van der Waals surface area (Å²) in [4.78, 5) is 20.5. The van der Waals surface area contributed by atoms with Crippen LogP contribution in [0.15, 0.2) is 58.0 Å². The Labute approximate surface area is 197 Å². The van der Waals surface area contributed by atoms with Crippen molar-refractivity contribution in [3.63, 3.8) is 0 Å². The summed E-state index contributed by atoms with van der Waals surface area (Å²) in [5, 5.41) is 8.89. The molecule has 6 nitrogen and oxygen atoms in total. The lowest BCUT2D eigenvalue weighted by molar-refractivity contribution is -0.138. The van der Waals surface area contributed by atoms with Crippen LogP contribution in [0.4, 0.5) is 0 Å². The van der Waals surface area contributed by atoms with Crippen LogP contribution in [0.25, 0.3) is 0 Å². The molecular weight excluding hydrogens is 472 g/mol. The van der Waals surface area contributed by atoms with Crippen LogP contribution in [0, 0.1) is 0 Å². The number of ether oxygens (including phenoxy) is 2. The number of likely N-dealkylation sites (tertiary alicyclic amines) is 1. The SMILES string of the molecule is O=C(N1CCCCC1)[C@@]1(Cc2ccc(Br)cc2)COC(c2ccc(OCCCO)cc2)=N1. The Morgan fingerprint density at radius 2 is 1.81 bits per heavy atom. The van der Waals surface area contributed by atoms with Crippen molar-refractivity contribution in [1.82, 2.24) is 4.90 Å². The number of halogens is 1. The van der Waals surface area contributed by atoms with E-state index in [-0.39, 0.29) is 19.1 Å². The second-order valence-electron chi connectivity index (χ2n) is 8.34. The van der Waals surface area contributed by atoms with Crippen molar-refractivity contribution in [1.29, 1.82) is 0 Å². The highest BCUT2D eigenvalue weighted by molar-refractivity contribution is 9.10. The van der Waals surface area contributed by atoms with Crippen molar-refractivity contribution in [2.75, 3.05) is 32.9 Å². The van der Waals surface area contributed by atoms with Gasteiger partial charge in [0.15, 0.2) is 5.54 Å². The normalized spacial score (nSPS) is 20.6. The first-order valence-corrected chi connectivity index (χ1v) is 12.0. The number of hydrogen-bond donors (Lipinski definition) is 1. The largest absolute Gasteiger partial charge is 0.494 e. The first-order chi connectivity index (χ1) is 15.6. The molecule has 0 unspecified atom stereocenters. The van der Waals surface area contributed by atoms with Crippen molar-refractivity contribution in [2.45, 2.75) is 37.6 Å². The van der Waals surface area contributed by atoms with E-state index in [2.05, 4.69) is 15.9 Å². The molecule has 0 aromatic heterocycles. The van der Waals surface area contributed by atoms with E-state index in [4.69, 9.17) is 19.6 Å². The Morgan fingerprint density at radius 3 is 2.50 bits per heavy atom. The van der Waals surface area contributed by atoms with Gasteiger partial charge >= 0.3 is 0 Å². The quantitative estimate of drug-likeness (QED) is 0.556. The Balaban J connectivity index is 1.58. The van der Waals surface area contributed by atoms with Gasteiger partial charge in [-0.15, -0.1) is 0 Å². The molecule has 4 rings (SSSR count). The van der Waals surface area contributed by atoms with Gasteiger partial charge in [0.1, 0.15) is 12.4 Å². The maximum Gasteiger partial charge on any atom is 0.254 e. The standard InChI is InChI=1S/C25H29BrN2O4/c26-21-9-5-19(6-10-21)17-25(24(30)28-13-2-1-3-14-28)18-32-23(27-25)20-7-11-22(12-8-20)31-16-4-15-29/h5-12,29H,1-4,13-18H2/t25-/m1/s1. The molecule has 1 amide bonds. The number of aliphatic imine (C=N–C) groups is 1. The molecule has 2 aliphatic heterocycles. The fourth-order valence-corrected chi connectivity index (χ4v) is 4.41. The molecular formula is C25H29BrN2O4. The predicted molar refractivity (Wildman–Crippen MR) is 127 cm³/mol. The maximum absolute atomic E-state index is 13.7. The number of nitrogens with zero attached hydrogens (tertiary/aromatic N) is 2. The van der Waals surface area contributed by atoms with Crippen molar-refractivity contribution >= 4 is 27.7 Å². The molecule has 2 aliphatic rings. The van der Waals surface area contributed by atoms with Crippen LogP contribution in [0.2, 0.25) is 0 Å². The number of carbonyl (C=O) groups is 1. The molecule has 0 spiro atoms. The van der Waals surface area contributed by atoms with E-state index in [0.29, 0.717) is 25.3 Å². The summed E-state index contributed by atoms with van der Waals surface area (Å²) in [6.45, 7) is 2.38. The number of rotatable bonds is 8. The highest BCUT2D eigenvalue weighted by Crippen LogP contribution is 2.30. The van der Waals surface area contributed by atoms with Crippen LogP contribution in [0.1, 0.15) is 36.8 Å². The van der Waals surface area contributed by atoms with Crippen LogP contribution < -0.4 is 4.74 Å². The molecule has 0 radical (unpaired) electrons. The lowest BCUT2D eigenvalue weighted by atomic mass is 9.90. The zero-order chi connectivity index (χ0) is 22.4. The van der Waals surface area contributed by atoms with Gasteiger partial charge in [-0.3, -0.25) is 4.79 Å². The number of piperidine rings is 1. The van der Waals surface area contributed by atoms with Gasteiger partial charge in [-0.05, 0) is 61.2 Å². The van der Waals surface area contributed by atoms with Crippen LogP contribution in [0.3, 0.4) is 0 Å². The molecule has 2 aromatic carbocycles. The van der Waals surface area contributed by atoms with Crippen LogP contribution in [-0.2, 0) is 16.0 Å². The lowest BCUT2D eigenvalue weighted by Gasteiger charge is -2.33. The molecule has 0 saturated carbocycles. The second kappa shape index (κ2) is 10.5. The zero-order valence-corrected chi connectivity index (χ0v) is 19.7. The summed E-state index contributed by atoms with van der Waals surface area (Å²) in [5.41, 5.74) is 0.931. The lowest BCUT2D eigenvalue weighted by Crippen LogP contribution is -2.51. The minimum Gasteiger partial charge on any atom is -0.494 e. The van der Waals surface area contributed by atoms with Crippen LogP contribution in [-0.4, -0.2) is 60.3 Å². The van der Waals surface area contributed by atoms with Crippen LogP contribution >= 0.6 is 15.9 Å². The van der Waals surface area contributed by atoms with Crippen molar-refractivity contribution in [3.8, 4) is 5.75 Å². The highest BCUT2D eigenvalue weighted by atomic mass is 79.9. The van der Waals surface area contributed by atoms with E-state index in [9.17, 15) is 4.79 Å². The summed E-state index contributed by atoms with van der Waals surface area (Å²) in [6, 6.07) is 15.6. The van der Waals surface area contributed by atoms with Crippen molar-refractivity contribution in [2.24, 2.45) is 4.99 Å². The number of carbonyl (C=O) groups excluding carboxylic acids is 1. The Kier molecular flexibility index (Phi) is 7.48. The van der Waals surface area contributed by atoms with Gasteiger partial charge in [-0.1, -0.05) is 28.1 Å². The average Bonchev–Trinajstić information content (AvgIpc) is 3.26. The number of amides is 1. The number of benzene rings is 2. The van der Waals surface area contributed by atoms with E-state index < -0.39 is 5.54 Å². The van der Waals surface area contributed by atoms with E-state index in [1.165, 1.54) is 6.42 Å². The first kappa shape index (κ1) is 22.8. The van der Waals surface area contributed by atoms with Gasteiger partial charge in [-0.2, -0.15) is 0 Å². The molecule has 2 aromatic rings. The minimum absolute atomic E-state index is 0.0547. The molecule has 32 heavy (non-hydrogen) atoms. The molecule has 1 N–H and O–H groups in total. The molecule has 0 aliphatic carbocycles. The summed E-state index contributed by atoms with van der Waals surface area (Å²) in [5.74, 6) is 1.28. The van der Waals surface area contributed by atoms with E-state index in [0.717, 1.165) is 47.3 Å². The molecule has 170 valence electrons. The fourth-order valence-electron chi connectivity index (χ4n) is 4.15. The molecule has 7 heteroatoms. The monoisotopic (exact) mass is 500 g/mol. The second-order valence-corrected chi connectivity index (χ2v) is 9.26. The van der Waals surface area contributed by atoms with Gasteiger partial charge in [0.2, 0.25) is 5.90 Å². The molecule has 1 atom stereocenters. The first-order valence-electron chi connectivity index (χ1n) is 11.2. The van der Waals surface area contributed by atoms with E-state index in [1.54, 1.807) is 0 Å². The third-order valence-electron chi connectivity index (χ3n) is 5.89. The highest BCUT2D eigenvalue weighted by Gasteiger charge is 2.46. The average molecular weight is 501 g/mol. The zero-order valence-electron chi connectivity index (χ0n) is 18.1. The van der Waals surface area contributed by atoms with Gasteiger partial charge in [0, 0.05) is 42.6 Å². The van der Waals surface area contributed by atoms with Gasteiger partial charge in [-0.25, -0.2) is 4.99 Å². The third-order valence-corrected chi connectivity index (χ3v) is 6.42. The topological polar surface area (TPSA) is 71.4 Å². The number of hydrogen-bond acceptors (Lipinski definition) is 5. The van der Waals surface area contributed by atoms with Crippen molar-refractivity contribution in [3.05, 3.63) is 64.1 Å². The molecule has 1 saturated heterocycles. The molecule has 0 bridgehead atoms.